The molecule has 0 radical (unpaired) electrons. The third-order valence-electron chi connectivity index (χ3n) is 4.51. The average molecular weight is 439 g/mol. The maximum Gasteiger partial charge on any atom is 0.268 e. The standard InChI is InChI=1S/C22H19BrN2OS/c1-15-6-5-9-17(10-15)13-24-22(26)19-11-20-18(12-21(23)27-20)25(19)14-16-7-3-2-4-8-16/h2-12H,13-14H2,1H3,(H,24,26). The van der Waals surface area contributed by atoms with Gasteiger partial charge in [0.15, 0.2) is 0 Å². The summed E-state index contributed by atoms with van der Waals surface area (Å²) >= 11 is 5.21. The molecule has 5 heteroatoms. The van der Waals surface area contributed by atoms with E-state index >= 15 is 0 Å². The predicted molar refractivity (Wildman–Crippen MR) is 115 cm³/mol. The van der Waals surface area contributed by atoms with E-state index in [1.54, 1.807) is 11.3 Å². The molecule has 0 fully saturated rings. The number of aryl methyl sites for hydroxylation is 1. The molecule has 0 unspecified atom stereocenters. The molecule has 2 aromatic heterocycles. The van der Waals surface area contributed by atoms with Gasteiger partial charge in [-0.05, 0) is 46.1 Å². The van der Waals surface area contributed by atoms with Gasteiger partial charge in [-0.3, -0.25) is 4.79 Å². The van der Waals surface area contributed by atoms with E-state index in [4.69, 9.17) is 0 Å². The van der Waals surface area contributed by atoms with Crippen LogP contribution in [0.25, 0.3) is 10.2 Å². The van der Waals surface area contributed by atoms with E-state index in [2.05, 4.69) is 63.1 Å². The summed E-state index contributed by atoms with van der Waals surface area (Å²) in [6.45, 7) is 3.25. The first-order valence-corrected chi connectivity index (χ1v) is 10.4. The highest BCUT2D eigenvalue weighted by molar-refractivity contribution is 9.11. The monoisotopic (exact) mass is 438 g/mol. The molecule has 3 nitrogen and oxygen atoms in total. The molecule has 0 saturated heterocycles. The normalized spacial score (nSPS) is 11.0. The molecule has 1 amide bonds. The van der Waals surface area contributed by atoms with Crippen LogP contribution >= 0.6 is 27.3 Å². The number of hydrogen-bond donors (Lipinski definition) is 1. The summed E-state index contributed by atoms with van der Waals surface area (Å²) in [5, 5.41) is 3.07. The first-order chi connectivity index (χ1) is 13.1. The zero-order valence-electron chi connectivity index (χ0n) is 14.9. The van der Waals surface area contributed by atoms with Crippen LogP contribution in [0.3, 0.4) is 0 Å². The summed E-state index contributed by atoms with van der Waals surface area (Å²) < 4.78 is 4.27. The SMILES string of the molecule is Cc1cccc(CNC(=O)c2cc3sc(Br)cc3n2Cc2ccccc2)c1. The molecule has 2 aromatic carbocycles. The third kappa shape index (κ3) is 3.99. The van der Waals surface area contributed by atoms with E-state index < -0.39 is 0 Å². The highest BCUT2D eigenvalue weighted by Crippen LogP contribution is 2.33. The van der Waals surface area contributed by atoms with E-state index in [1.165, 1.54) is 11.1 Å². The molecule has 4 rings (SSSR count). The minimum atomic E-state index is -0.0491. The summed E-state index contributed by atoms with van der Waals surface area (Å²) in [4.78, 5) is 12.9. The molecular weight excluding hydrogens is 420 g/mol. The maximum atomic E-state index is 12.9. The van der Waals surface area contributed by atoms with Gasteiger partial charge in [0.05, 0.1) is 14.0 Å². The highest BCUT2D eigenvalue weighted by atomic mass is 79.9. The fraction of sp³-hybridized carbons (Fsp3) is 0.136. The Morgan fingerprint density at radius 1 is 1.04 bits per heavy atom. The molecule has 0 bridgehead atoms. The van der Waals surface area contributed by atoms with Gasteiger partial charge in [-0.2, -0.15) is 0 Å². The Kier molecular flexibility index (Phi) is 5.14. The minimum Gasteiger partial charge on any atom is -0.347 e. The second-order valence-electron chi connectivity index (χ2n) is 6.57. The van der Waals surface area contributed by atoms with E-state index in [9.17, 15) is 4.79 Å². The van der Waals surface area contributed by atoms with Gasteiger partial charge in [0, 0.05) is 13.1 Å². The summed E-state index contributed by atoms with van der Waals surface area (Å²) in [7, 11) is 0. The maximum absolute atomic E-state index is 12.9. The highest BCUT2D eigenvalue weighted by Gasteiger charge is 2.17. The van der Waals surface area contributed by atoms with Crippen molar-refractivity contribution < 1.29 is 4.79 Å². The molecule has 1 N–H and O–H groups in total. The second-order valence-corrected chi connectivity index (χ2v) is 9.04. The van der Waals surface area contributed by atoms with E-state index in [1.807, 2.05) is 36.4 Å². The summed E-state index contributed by atoms with van der Waals surface area (Å²) in [6, 6.07) is 22.5. The number of rotatable bonds is 5. The van der Waals surface area contributed by atoms with Crippen LogP contribution in [0.15, 0.2) is 70.5 Å². The van der Waals surface area contributed by atoms with Crippen LogP contribution in [-0.4, -0.2) is 10.5 Å². The van der Waals surface area contributed by atoms with Crippen molar-refractivity contribution in [3.63, 3.8) is 0 Å². The molecule has 27 heavy (non-hydrogen) atoms. The first-order valence-electron chi connectivity index (χ1n) is 8.76. The van der Waals surface area contributed by atoms with Gasteiger partial charge in [-0.1, -0.05) is 60.2 Å². The van der Waals surface area contributed by atoms with Crippen molar-refractivity contribution in [1.29, 1.82) is 0 Å². The average Bonchev–Trinajstić information content (AvgIpc) is 3.18. The Morgan fingerprint density at radius 3 is 2.59 bits per heavy atom. The van der Waals surface area contributed by atoms with Crippen LogP contribution in [0.1, 0.15) is 27.2 Å². The van der Waals surface area contributed by atoms with Gasteiger partial charge in [0.2, 0.25) is 0 Å². The van der Waals surface area contributed by atoms with Gasteiger partial charge < -0.3 is 9.88 Å². The Hall–Kier alpha value is -2.37. The number of hydrogen-bond acceptors (Lipinski definition) is 2. The summed E-state index contributed by atoms with van der Waals surface area (Å²) in [5.41, 5.74) is 5.25. The minimum absolute atomic E-state index is 0.0491. The lowest BCUT2D eigenvalue weighted by Gasteiger charge is -2.11. The van der Waals surface area contributed by atoms with Crippen molar-refractivity contribution in [2.45, 2.75) is 20.0 Å². The molecule has 2 heterocycles. The van der Waals surface area contributed by atoms with Crippen molar-refractivity contribution in [2.24, 2.45) is 0 Å². The number of aromatic nitrogens is 1. The summed E-state index contributed by atoms with van der Waals surface area (Å²) in [6.07, 6.45) is 0. The van der Waals surface area contributed by atoms with Gasteiger partial charge in [-0.15, -0.1) is 11.3 Å². The zero-order chi connectivity index (χ0) is 18.8. The number of thiophene rings is 1. The molecular formula is C22H19BrN2OS. The van der Waals surface area contributed by atoms with Crippen LogP contribution < -0.4 is 5.32 Å². The Bertz CT molecular complexity index is 1100. The van der Waals surface area contributed by atoms with E-state index in [0.29, 0.717) is 18.8 Å². The van der Waals surface area contributed by atoms with Crippen molar-refractivity contribution in [1.82, 2.24) is 9.88 Å². The van der Waals surface area contributed by atoms with Crippen LogP contribution in [0.2, 0.25) is 0 Å². The Morgan fingerprint density at radius 2 is 1.81 bits per heavy atom. The largest absolute Gasteiger partial charge is 0.347 e. The lowest BCUT2D eigenvalue weighted by atomic mass is 10.1. The molecule has 0 saturated carbocycles. The number of carbonyl (C=O) groups excluding carboxylic acids is 1. The fourth-order valence-corrected chi connectivity index (χ4v) is 4.80. The van der Waals surface area contributed by atoms with Crippen LogP contribution in [0, 0.1) is 6.92 Å². The lowest BCUT2D eigenvalue weighted by Crippen LogP contribution is -2.25. The fourth-order valence-electron chi connectivity index (χ4n) is 3.23. The van der Waals surface area contributed by atoms with Gasteiger partial charge in [-0.25, -0.2) is 0 Å². The molecule has 0 aliphatic carbocycles. The number of benzene rings is 2. The van der Waals surface area contributed by atoms with Crippen molar-refractivity contribution in [3.05, 3.63) is 92.9 Å². The topological polar surface area (TPSA) is 34.0 Å². The van der Waals surface area contributed by atoms with Gasteiger partial charge in [0.25, 0.3) is 5.91 Å². The van der Waals surface area contributed by atoms with Gasteiger partial charge in [0.1, 0.15) is 5.69 Å². The summed E-state index contributed by atoms with van der Waals surface area (Å²) in [5.74, 6) is -0.0491. The number of halogens is 1. The van der Waals surface area contributed by atoms with Crippen LogP contribution in [-0.2, 0) is 13.1 Å². The number of nitrogens with one attached hydrogen (secondary N) is 1. The van der Waals surface area contributed by atoms with Crippen LogP contribution in [0.4, 0.5) is 0 Å². The first kappa shape index (κ1) is 18.0. The molecule has 0 spiro atoms. The van der Waals surface area contributed by atoms with E-state index in [-0.39, 0.29) is 5.91 Å². The zero-order valence-corrected chi connectivity index (χ0v) is 17.3. The molecule has 0 atom stereocenters. The number of amides is 1. The third-order valence-corrected chi connectivity index (χ3v) is 6.09. The van der Waals surface area contributed by atoms with E-state index in [0.717, 1.165) is 19.6 Å². The number of fused-ring (bicyclic) bond motifs is 1. The molecule has 0 aliphatic heterocycles. The smallest absolute Gasteiger partial charge is 0.268 e. The van der Waals surface area contributed by atoms with Crippen molar-refractivity contribution in [3.8, 4) is 0 Å². The van der Waals surface area contributed by atoms with Crippen molar-refractivity contribution in [2.75, 3.05) is 0 Å². The van der Waals surface area contributed by atoms with Crippen LogP contribution in [0.5, 0.6) is 0 Å². The Labute approximate surface area is 170 Å². The molecule has 0 aliphatic rings. The quantitative estimate of drug-likeness (QED) is 0.422. The van der Waals surface area contributed by atoms with Crippen molar-refractivity contribution >= 4 is 43.4 Å². The van der Waals surface area contributed by atoms with Gasteiger partial charge >= 0.3 is 0 Å². The molecule has 4 aromatic rings. The second kappa shape index (κ2) is 7.71. The molecule has 136 valence electrons. The predicted octanol–water partition coefficient (Wildman–Crippen LogP) is 5.75. The number of nitrogens with zero attached hydrogens (tertiary/aromatic N) is 1. The Balaban J connectivity index is 1.63. The lowest BCUT2D eigenvalue weighted by molar-refractivity contribution is 0.0942. The number of carbonyl (C=O) groups is 1.